The Hall–Kier alpha value is -2.45. The van der Waals surface area contributed by atoms with E-state index in [0.29, 0.717) is 43.6 Å². The molecule has 1 aliphatic rings. The predicted molar refractivity (Wildman–Crippen MR) is 123 cm³/mol. The Kier molecular flexibility index (Phi) is 10.1. The van der Waals surface area contributed by atoms with Crippen molar-refractivity contribution >= 4 is 6.09 Å². The van der Waals surface area contributed by atoms with E-state index >= 15 is 0 Å². The summed E-state index contributed by atoms with van der Waals surface area (Å²) in [7, 11) is 0. The summed E-state index contributed by atoms with van der Waals surface area (Å²) in [5, 5.41) is 0. The Morgan fingerprint density at radius 3 is 2.41 bits per heavy atom. The Morgan fingerprint density at radius 1 is 1.16 bits per heavy atom. The van der Waals surface area contributed by atoms with Gasteiger partial charge in [0.25, 0.3) is 0 Å². The third-order valence-corrected chi connectivity index (χ3v) is 5.09. The van der Waals surface area contributed by atoms with Crippen molar-refractivity contribution in [2.75, 3.05) is 32.9 Å². The molecule has 1 aromatic rings. The molecule has 2 rings (SSSR count). The van der Waals surface area contributed by atoms with Crippen molar-refractivity contribution in [1.29, 1.82) is 0 Å². The van der Waals surface area contributed by atoms with Crippen molar-refractivity contribution in [3.05, 3.63) is 36.6 Å². The first-order valence-corrected chi connectivity index (χ1v) is 11.3. The maximum Gasteiger partial charge on any atom is 0.413 e. The zero-order valence-corrected chi connectivity index (χ0v) is 19.9. The topological polar surface area (TPSA) is 92.5 Å². The van der Waals surface area contributed by atoms with Gasteiger partial charge in [-0.1, -0.05) is 46.4 Å². The second-order valence-corrected chi connectivity index (χ2v) is 8.48. The first kappa shape index (κ1) is 25.8. The van der Waals surface area contributed by atoms with Gasteiger partial charge in [-0.3, -0.25) is 0 Å². The lowest BCUT2D eigenvalue weighted by Crippen LogP contribution is -2.49. The van der Waals surface area contributed by atoms with Gasteiger partial charge in [0.1, 0.15) is 18.5 Å². The average Bonchev–Trinajstić information content (AvgIpc) is 2.77. The van der Waals surface area contributed by atoms with Gasteiger partial charge in [0, 0.05) is 12.5 Å². The van der Waals surface area contributed by atoms with E-state index in [1.165, 1.54) is 0 Å². The number of amides is 1. The Balaban J connectivity index is 1.91. The van der Waals surface area contributed by atoms with Gasteiger partial charge in [0.2, 0.25) is 6.29 Å². The van der Waals surface area contributed by atoms with Crippen LogP contribution in [0, 0.1) is 11.8 Å². The second kappa shape index (κ2) is 12.6. The van der Waals surface area contributed by atoms with E-state index in [9.17, 15) is 4.79 Å². The summed E-state index contributed by atoms with van der Waals surface area (Å²) in [5.41, 5.74) is 6.10. The summed E-state index contributed by atoms with van der Waals surface area (Å²) in [6.07, 6.45) is -1.51. The number of carbonyl (C=O) groups excluding carboxylic acids is 1. The largest absolute Gasteiger partial charge is 0.490 e. The summed E-state index contributed by atoms with van der Waals surface area (Å²) in [5.74, 6) is 1.83. The summed E-state index contributed by atoms with van der Waals surface area (Å²) < 4.78 is 28.7. The SMILES string of the molecule is C=C(OC(OC(=O)N1CCOC(COc2ccccc2OCC)C1)C(C)C)C(N)C(C)C. The van der Waals surface area contributed by atoms with Gasteiger partial charge in [0.05, 0.1) is 25.8 Å². The number of ether oxygens (including phenoxy) is 5. The number of rotatable bonds is 11. The summed E-state index contributed by atoms with van der Waals surface area (Å²) in [6, 6.07) is 7.14. The van der Waals surface area contributed by atoms with Crippen LogP contribution in [0.15, 0.2) is 36.6 Å². The quantitative estimate of drug-likeness (QED) is 0.405. The molecule has 180 valence electrons. The lowest BCUT2D eigenvalue weighted by Gasteiger charge is -2.34. The van der Waals surface area contributed by atoms with Gasteiger partial charge in [-0.05, 0) is 25.0 Å². The number of hydrogen-bond acceptors (Lipinski definition) is 7. The van der Waals surface area contributed by atoms with E-state index in [-0.39, 0.29) is 30.6 Å². The van der Waals surface area contributed by atoms with Crippen molar-refractivity contribution in [2.45, 2.75) is 53.1 Å². The van der Waals surface area contributed by atoms with Gasteiger partial charge in [-0.15, -0.1) is 0 Å². The molecule has 3 atom stereocenters. The van der Waals surface area contributed by atoms with Crippen LogP contribution in [0.1, 0.15) is 34.6 Å². The number of hydrogen-bond donors (Lipinski definition) is 1. The Labute approximate surface area is 191 Å². The molecule has 8 heteroatoms. The van der Waals surface area contributed by atoms with Gasteiger partial charge in [-0.2, -0.15) is 0 Å². The van der Waals surface area contributed by atoms with Crippen LogP contribution in [-0.4, -0.2) is 62.3 Å². The van der Waals surface area contributed by atoms with Crippen LogP contribution in [0.5, 0.6) is 11.5 Å². The molecule has 2 N–H and O–H groups in total. The first-order chi connectivity index (χ1) is 15.2. The molecular weight excluding hydrogens is 412 g/mol. The molecule has 0 bridgehead atoms. The van der Waals surface area contributed by atoms with E-state index in [1.807, 2.05) is 58.9 Å². The predicted octanol–water partition coefficient (Wildman–Crippen LogP) is 3.80. The summed E-state index contributed by atoms with van der Waals surface area (Å²) in [4.78, 5) is 14.4. The maximum absolute atomic E-state index is 12.8. The maximum atomic E-state index is 12.8. The second-order valence-electron chi connectivity index (χ2n) is 8.48. The fraction of sp³-hybridized carbons (Fsp3) is 0.625. The van der Waals surface area contributed by atoms with Gasteiger partial charge in [0.15, 0.2) is 11.5 Å². The number of para-hydroxylation sites is 2. The number of benzene rings is 1. The molecule has 1 amide bonds. The molecule has 0 aliphatic carbocycles. The smallest absolute Gasteiger partial charge is 0.413 e. The van der Waals surface area contributed by atoms with Crippen LogP contribution in [0.25, 0.3) is 0 Å². The zero-order valence-electron chi connectivity index (χ0n) is 19.9. The molecule has 32 heavy (non-hydrogen) atoms. The van der Waals surface area contributed by atoms with Crippen molar-refractivity contribution in [2.24, 2.45) is 17.6 Å². The van der Waals surface area contributed by atoms with Gasteiger partial charge < -0.3 is 34.3 Å². The van der Waals surface area contributed by atoms with Crippen LogP contribution in [0.4, 0.5) is 4.79 Å². The lowest BCUT2D eigenvalue weighted by molar-refractivity contribution is -0.122. The molecule has 0 spiro atoms. The third-order valence-electron chi connectivity index (χ3n) is 5.09. The number of morpholine rings is 1. The molecule has 0 radical (unpaired) electrons. The minimum Gasteiger partial charge on any atom is -0.490 e. The van der Waals surface area contributed by atoms with Crippen molar-refractivity contribution in [3.8, 4) is 11.5 Å². The molecule has 8 nitrogen and oxygen atoms in total. The summed E-state index contributed by atoms with van der Waals surface area (Å²) in [6.45, 7) is 15.6. The molecule has 0 aromatic heterocycles. The third kappa shape index (κ3) is 7.60. The normalized spacial score (nSPS) is 18.2. The number of nitrogens with two attached hydrogens (primary N) is 1. The molecule has 1 aromatic carbocycles. The Morgan fingerprint density at radius 2 is 1.81 bits per heavy atom. The first-order valence-electron chi connectivity index (χ1n) is 11.3. The molecule has 1 fully saturated rings. The fourth-order valence-electron chi connectivity index (χ4n) is 3.08. The lowest BCUT2D eigenvalue weighted by atomic mass is 10.0. The minimum absolute atomic E-state index is 0.0645. The highest BCUT2D eigenvalue weighted by molar-refractivity contribution is 5.68. The highest BCUT2D eigenvalue weighted by atomic mass is 16.7. The minimum atomic E-state index is -0.768. The van der Waals surface area contributed by atoms with Crippen molar-refractivity contribution in [1.82, 2.24) is 4.90 Å². The van der Waals surface area contributed by atoms with E-state index in [1.54, 1.807) is 4.90 Å². The monoisotopic (exact) mass is 450 g/mol. The van der Waals surface area contributed by atoms with Crippen LogP contribution in [0.2, 0.25) is 0 Å². The molecule has 1 heterocycles. The standard InChI is InChI=1S/C24H38N2O6/c1-7-28-20-10-8-9-11-21(20)30-15-19-14-26(12-13-29-19)24(27)32-23(17(4)5)31-18(6)22(25)16(2)3/h8-11,16-17,19,22-23H,6-7,12-15,25H2,1-5H3. The fourth-order valence-corrected chi connectivity index (χ4v) is 3.08. The van der Waals surface area contributed by atoms with Gasteiger partial charge >= 0.3 is 6.09 Å². The molecule has 3 unspecified atom stereocenters. The van der Waals surface area contributed by atoms with Crippen molar-refractivity contribution < 1.29 is 28.5 Å². The number of nitrogens with zero attached hydrogens (tertiary/aromatic N) is 1. The zero-order chi connectivity index (χ0) is 23.7. The van der Waals surface area contributed by atoms with E-state index < -0.39 is 12.4 Å². The highest BCUT2D eigenvalue weighted by Gasteiger charge is 2.30. The van der Waals surface area contributed by atoms with Crippen LogP contribution >= 0.6 is 0 Å². The van der Waals surface area contributed by atoms with E-state index in [2.05, 4.69) is 6.58 Å². The molecular formula is C24H38N2O6. The highest BCUT2D eigenvalue weighted by Crippen LogP contribution is 2.27. The summed E-state index contributed by atoms with van der Waals surface area (Å²) >= 11 is 0. The average molecular weight is 451 g/mol. The van der Waals surface area contributed by atoms with E-state index in [4.69, 9.17) is 29.4 Å². The Bertz CT molecular complexity index is 739. The van der Waals surface area contributed by atoms with Crippen LogP contribution < -0.4 is 15.2 Å². The van der Waals surface area contributed by atoms with Gasteiger partial charge in [-0.25, -0.2) is 4.79 Å². The van der Waals surface area contributed by atoms with Crippen LogP contribution in [-0.2, 0) is 14.2 Å². The molecule has 1 saturated heterocycles. The number of carbonyl (C=O) groups is 1. The van der Waals surface area contributed by atoms with Crippen LogP contribution in [0.3, 0.4) is 0 Å². The van der Waals surface area contributed by atoms with Crippen molar-refractivity contribution in [3.63, 3.8) is 0 Å². The molecule has 0 saturated carbocycles. The molecule has 1 aliphatic heterocycles. The van der Waals surface area contributed by atoms with E-state index in [0.717, 1.165) is 0 Å².